The van der Waals surface area contributed by atoms with Crippen LogP contribution in [0.3, 0.4) is 0 Å². The summed E-state index contributed by atoms with van der Waals surface area (Å²) in [6.45, 7) is 7.83. The lowest BCUT2D eigenvalue weighted by Crippen LogP contribution is -2.54. The van der Waals surface area contributed by atoms with E-state index in [-0.39, 0.29) is 17.4 Å². The van der Waals surface area contributed by atoms with Crippen LogP contribution in [0.15, 0.2) is 17.5 Å². The Kier molecular flexibility index (Phi) is 4.39. The summed E-state index contributed by atoms with van der Waals surface area (Å²) in [5, 5.41) is 5.17. The molecular weight excluding hydrogens is 346 g/mol. The van der Waals surface area contributed by atoms with Crippen molar-refractivity contribution in [2.24, 2.45) is 11.3 Å². The van der Waals surface area contributed by atoms with Gasteiger partial charge in [-0.1, -0.05) is 26.8 Å². The first-order valence-electron chi connectivity index (χ1n) is 9.69. The molecule has 4 rings (SSSR count). The van der Waals surface area contributed by atoms with Crippen LogP contribution in [0.4, 0.5) is 4.79 Å². The minimum absolute atomic E-state index is 0.0149. The van der Waals surface area contributed by atoms with E-state index in [9.17, 15) is 9.59 Å². The summed E-state index contributed by atoms with van der Waals surface area (Å²) in [5.41, 5.74) is -0.625. The summed E-state index contributed by atoms with van der Waals surface area (Å²) in [6.07, 6.45) is 4.91. The molecule has 2 saturated carbocycles. The van der Waals surface area contributed by atoms with Gasteiger partial charge in [0.1, 0.15) is 5.54 Å². The van der Waals surface area contributed by atoms with Crippen LogP contribution in [0.2, 0.25) is 0 Å². The van der Waals surface area contributed by atoms with Gasteiger partial charge in [-0.3, -0.25) is 9.69 Å². The molecule has 3 aliphatic rings. The van der Waals surface area contributed by atoms with Crippen LogP contribution < -0.4 is 5.32 Å². The van der Waals surface area contributed by atoms with E-state index in [0.717, 1.165) is 38.6 Å². The fraction of sp³-hybridized carbons (Fsp3) is 0.700. The maximum absolute atomic E-state index is 13.3. The highest BCUT2D eigenvalue weighted by Gasteiger charge is 2.56. The third-order valence-electron chi connectivity index (χ3n) is 5.95. The van der Waals surface area contributed by atoms with E-state index < -0.39 is 5.54 Å². The quantitative estimate of drug-likeness (QED) is 0.796. The molecule has 2 heterocycles. The van der Waals surface area contributed by atoms with E-state index in [4.69, 9.17) is 0 Å². The number of carbonyl (C=O) groups excluding carboxylic acids is 2. The number of amides is 3. The van der Waals surface area contributed by atoms with E-state index >= 15 is 0 Å². The zero-order valence-corrected chi connectivity index (χ0v) is 16.8. The Bertz CT molecular complexity index is 698. The predicted molar refractivity (Wildman–Crippen MR) is 103 cm³/mol. The zero-order valence-electron chi connectivity index (χ0n) is 16.0. The molecule has 1 spiro atoms. The molecule has 3 fully saturated rings. The molecule has 0 aromatic carbocycles. The Hall–Kier alpha value is -1.40. The van der Waals surface area contributed by atoms with Gasteiger partial charge in [0.25, 0.3) is 5.91 Å². The minimum Gasteiger partial charge on any atom is -0.323 e. The number of thiophene rings is 1. The van der Waals surface area contributed by atoms with Gasteiger partial charge in [0, 0.05) is 17.5 Å². The number of urea groups is 1. The van der Waals surface area contributed by atoms with Crippen molar-refractivity contribution in [3.63, 3.8) is 0 Å². The summed E-state index contributed by atoms with van der Waals surface area (Å²) in [4.78, 5) is 31.1. The van der Waals surface area contributed by atoms with Crippen LogP contribution in [-0.2, 0) is 11.3 Å². The predicted octanol–water partition coefficient (Wildman–Crippen LogP) is 3.81. The molecule has 2 unspecified atom stereocenters. The highest BCUT2D eigenvalue weighted by Crippen LogP contribution is 2.46. The summed E-state index contributed by atoms with van der Waals surface area (Å²) in [6, 6.07) is 4.46. The van der Waals surface area contributed by atoms with Crippen LogP contribution in [0.5, 0.6) is 0 Å². The van der Waals surface area contributed by atoms with Crippen LogP contribution in [0, 0.1) is 11.3 Å². The third kappa shape index (κ3) is 3.41. The van der Waals surface area contributed by atoms with Gasteiger partial charge in [-0.05, 0) is 54.9 Å². The molecule has 1 saturated heterocycles. The molecule has 5 nitrogen and oxygen atoms in total. The van der Waals surface area contributed by atoms with Gasteiger partial charge in [-0.15, -0.1) is 11.3 Å². The second-order valence-electron chi connectivity index (χ2n) is 9.30. The van der Waals surface area contributed by atoms with Gasteiger partial charge in [-0.2, -0.15) is 0 Å². The maximum atomic E-state index is 13.3. The first-order valence-corrected chi connectivity index (χ1v) is 10.6. The average molecular weight is 376 g/mol. The van der Waals surface area contributed by atoms with Gasteiger partial charge in [0.05, 0.1) is 6.67 Å². The van der Waals surface area contributed by atoms with Gasteiger partial charge >= 0.3 is 6.03 Å². The SMILES string of the molecule is CC1CC(C)(C)CC2(C1)NC(=O)N(CN(Cc1cccs1)C1CC1)C2=O. The molecule has 1 aromatic rings. The van der Waals surface area contributed by atoms with Crippen molar-refractivity contribution in [3.8, 4) is 0 Å². The topological polar surface area (TPSA) is 52.7 Å². The summed E-state index contributed by atoms with van der Waals surface area (Å²) in [5.74, 6) is 0.424. The van der Waals surface area contributed by atoms with Gasteiger partial charge in [0.2, 0.25) is 0 Å². The van der Waals surface area contributed by atoms with Crippen molar-refractivity contribution in [2.45, 2.75) is 71.0 Å². The van der Waals surface area contributed by atoms with E-state index in [1.807, 2.05) is 0 Å². The Morgan fingerprint density at radius 3 is 2.69 bits per heavy atom. The van der Waals surface area contributed by atoms with E-state index in [1.54, 1.807) is 11.3 Å². The van der Waals surface area contributed by atoms with Crippen molar-refractivity contribution in [1.29, 1.82) is 0 Å². The number of carbonyl (C=O) groups is 2. The Morgan fingerprint density at radius 2 is 2.08 bits per heavy atom. The van der Waals surface area contributed by atoms with Crippen molar-refractivity contribution in [3.05, 3.63) is 22.4 Å². The molecule has 1 aromatic heterocycles. The van der Waals surface area contributed by atoms with Gasteiger partial charge < -0.3 is 5.32 Å². The summed E-state index contributed by atoms with van der Waals surface area (Å²) < 4.78 is 0. The van der Waals surface area contributed by atoms with E-state index in [1.165, 1.54) is 9.78 Å². The Labute approximate surface area is 159 Å². The lowest BCUT2D eigenvalue weighted by atomic mass is 9.64. The molecular formula is C20H29N3O2S. The smallest absolute Gasteiger partial charge is 0.323 e. The normalized spacial score (nSPS) is 31.1. The molecule has 2 aliphatic carbocycles. The molecule has 26 heavy (non-hydrogen) atoms. The van der Waals surface area contributed by atoms with Crippen molar-refractivity contribution in [2.75, 3.05) is 6.67 Å². The van der Waals surface area contributed by atoms with E-state index in [0.29, 0.717) is 18.6 Å². The second kappa shape index (κ2) is 6.34. The lowest BCUT2D eigenvalue weighted by molar-refractivity contribution is -0.136. The van der Waals surface area contributed by atoms with Crippen molar-refractivity contribution < 1.29 is 9.59 Å². The Morgan fingerprint density at radius 1 is 1.31 bits per heavy atom. The molecule has 6 heteroatoms. The van der Waals surface area contributed by atoms with Crippen LogP contribution in [0.25, 0.3) is 0 Å². The largest absolute Gasteiger partial charge is 0.326 e. The number of hydrogen-bond acceptors (Lipinski definition) is 4. The first kappa shape index (κ1) is 18.0. The second-order valence-corrected chi connectivity index (χ2v) is 10.3. The summed E-state index contributed by atoms with van der Waals surface area (Å²) in [7, 11) is 0. The molecule has 1 aliphatic heterocycles. The Balaban J connectivity index is 1.51. The molecule has 2 atom stereocenters. The van der Waals surface area contributed by atoms with Crippen molar-refractivity contribution in [1.82, 2.24) is 15.1 Å². The number of hydrogen-bond donors (Lipinski definition) is 1. The van der Waals surface area contributed by atoms with E-state index in [2.05, 4.69) is 48.5 Å². The number of imide groups is 1. The number of nitrogens with one attached hydrogen (secondary N) is 1. The summed E-state index contributed by atoms with van der Waals surface area (Å²) >= 11 is 1.73. The zero-order chi connectivity index (χ0) is 18.5. The first-order chi connectivity index (χ1) is 12.3. The minimum atomic E-state index is -0.698. The van der Waals surface area contributed by atoms with Crippen LogP contribution in [0.1, 0.15) is 57.8 Å². The third-order valence-corrected chi connectivity index (χ3v) is 6.81. The standard InChI is InChI=1S/C20H29N3O2S/c1-14-9-19(2,3)12-20(10-14)17(24)23(18(25)21-20)13-22(15-6-7-15)11-16-5-4-8-26-16/h4-5,8,14-15H,6-7,9-13H2,1-3H3,(H,21,25). The monoisotopic (exact) mass is 375 g/mol. The average Bonchev–Trinajstić information content (AvgIpc) is 3.20. The van der Waals surface area contributed by atoms with Crippen molar-refractivity contribution >= 4 is 23.3 Å². The molecule has 1 N–H and O–H groups in total. The number of nitrogens with zero attached hydrogens (tertiary/aromatic N) is 2. The maximum Gasteiger partial charge on any atom is 0.326 e. The molecule has 3 amide bonds. The van der Waals surface area contributed by atoms with Crippen LogP contribution >= 0.6 is 11.3 Å². The fourth-order valence-corrected chi connectivity index (χ4v) is 5.88. The highest BCUT2D eigenvalue weighted by atomic mass is 32.1. The molecule has 0 bridgehead atoms. The van der Waals surface area contributed by atoms with Gasteiger partial charge in [-0.25, -0.2) is 9.69 Å². The van der Waals surface area contributed by atoms with Crippen LogP contribution in [-0.4, -0.2) is 40.0 Å². The lowest BCUT2D eigenvalue weighted by Gasteiger charge is -2.44. The van der Waals surface area contributed by atoms with Gasteiger partial charge in [0.15, 0.2) is 0 Å². The number of rotatable bonds is 5. The molecule has 0 radical (unpaired) electrons. The fourth-order valence-electron chi connectivity index (χ4n) is 5.15. The highest BCUT2D eigenvalue weighted by molar-refractivity contribution is 7.09. The molecule has 142 valence electrons.